The summed E-state index contributed by atoms with van der Waals surface area (Å²) in [6.45, 7) is 6.52. The molecule has 0 radical (unpaired) electrons. The fourth-order valence-electron chi connectivity index (χ4n) is 1.38. The van der Waals surface area contributed by atoms with Crippen LogP contribution in [-0.2, 0) is 7.05 Å². The Bertz CT molecular complexity index is 238. The molecule has 1 atom stereocenters. The highest BCUT2D eigenvalue weighted by Gasteiger charge is 2.06. The lowest BCUT2D eigenvalue weighted by Gasteiger charge is -2.15. The highest BCUT2D eigenvalue weighted by atomic mass is 15.0. The summed E-state index contributed by atoms with van der Waals surface area (Å²) in [7, 11) is 2.05. The summed E-state index contributed by atoms with van der Waals surface area (Å²) >= 11 is 0. The molecule has 1 N–H and O–H groups in total. The number of aryl methyl sites for hydroxylation is 1. The van der Waals surface area contributed by atoms with Crippen molar-refractivity contribution in [3.63, 3.8) is 0 Å². The van der Waals surface area contributed by atoms with Crippen LogP contribution in [0.3, 0.4) is 0 Å². The third-order valence-corrected chi connectivity index (χ3v) is 1.94. The minimum Gasteiger partial charge on any atom is -0.357 e. The Labute approximate surface area is 74.6 Å². The lowest BCUT2D eigenvalue weighted by molar-refractivity contribution is 0.506. The van der Waals surface area contributed by atoms with E-state index in [0.717, 1.165) is 0 Å². The predicted octanol–water partition coefficient (Wildman–Crippen LogP) is 2.08. The van der Waals surface area contributed by atoms with E-state index in [1.165, 1.54) is 5.56 Å². The Morgan fingerprint density at radius 3 is 2.42 bits per heavy atom. The van der Waals surface area contributed by atoms with Crippen molar-refractivity contribution in [1.29, 1.82) is 0 Å². The average Bonchev–Trinajstić information content (AvgIpc) is 2.34. The van der Waals surface area contributed by atoms with Gasteiger partial charge in [-0.25, -0.2) is 0 Å². The number of aromatic nitrogens is 1. The largest absolute Gasteiger partial charge is 0.357 e. The molecule has 0 aromatic carbocycles. The van der Waals surface area contributed by atoms with Crippen molar-refractivity contribution in [2.75, 3.05) is 0 Å². The Hall–Kier alpha value is -0.760. The molecule has 12 heavy (non-hydrogen) atoms. The van der Waals surface area contributed by atoms with Crippen molar-refractivity contribution in [2.24, 2.45) is 7.05 Å². The SMILES string of the molecule is CC(C)N[C@@H](C)c1ccn(C)c1. The van der Waals surface area contributed by atoms with Crippen LogP contribution in [0, 0.1) is 0 Å². The van der Waals surface area contributed by atoms with Gasteiger partial charge in [-0.15, -0.1) is 0 Å². The summed E-state index contributed by atoms with van der Waals surface area (Å²) in [4.78, 5) is 0. The molecular formula is C10H18N2. The van der Waals surface area contributed by atoms with Gasteiger partial charge >= 0.3 is 0 Å². The van der Waals surface area contributed by atoms with Crippen LogP contribution in [0.4, 0.5) is 0 Å². The van der Waals surface area contributed by atoms with Gasteiger partial charge in [0.25, 0.3) is 0 Å². The van der Waals surface area contributed by atoms with Crippen molar-refractivity contribution < 1.29 is 0 Å². The van der Waals surface area contributed by atoms with Gasteiger partial charge in [-0.3, -0.25) is 0 Å². The van der Waals surface area contributed by atoms with Crippen LogP contribution >= 0.6 is 0 Å². The number of rotatable bonds is 3. The van der Waals surface area contributed by atoms with Crippen LogP contribution in [0.1, 0.15) is 32.4 Å². The summed E-state index contributed by atoms with van der Waals surface area (Å²) in [6, 6.07) is 3.14. The fourth-order valence-corrected chi connectivity index (χ4v) is 1.38. The molecule has 0 saturated heterocycles. The summed E-state index contributed by atoms with van der Waals surface area (Å²) in [6.07, 6.45) is 4.23. The molecule has 0 saturated carbocycles. The minimum atomic E-state index is 0.450. The highest BCUT2D eigenvalue weighted by Crippen LogP contribution is 2.12. The molecule has 68 valence electrons. The lowest BCUT2D eigenvalue weighted by atomic mass is 10.1. The first kappa shape index (κ1) is 9.33. The van der Waals surface area contributed by atoms with Crippen molar-refractivity contribution >= 4 is 0 Å². The fraction of sp³-hybridized carbons (Fsp3) is 0.600. The molecule has 0 aliphatic heterocycles. The molecule has 0 unspecified atom stereocenters. The molecule has 0 aliphatic carbocycles. The topological polar surface area (TPSA) is 17.0 Å². The van der Waals surface area contributed by atoms with Gasteiger partial charge in [0.2, 0.25) is 0 Å². The smallest absolute Gasteiger partial charge is 0.0309 e. The van der Waals surface area contributed by atoms with Gasteiger partial charge in [0, 0.05) is 31.5 Å². The molecule has 2 nitrogen and oxygen atoms in total. The van der Waals surface area contributed by atoms with Crippen molar-refractivity contribution in [3.8, 4) is 0 Å². The second kappa shape index (κ2) is 3.76. The molecule has 1 rings (SSSR count). The molecule has 1 aromatic rings. The molecule has 0 fully saturated rings. The quantitative estimate of drug-likeness (QED) is 0.727. The van der Waals surface area contributed by atoms with E-state index in [2.05, 4.69) is 49.1 Å². The van der Waals surface area contributed by atoms with E-state index in [4.69, 9.17) is 0 Å². The van der Waals surface area contributed by atoms with E-state index in [9.17, 15) is 0 Å². The standard InChI is InChI=1S/C10H18N2/c1-8(2)11-9(3)10-5-6-12(4)7-10/h5-9,11H,1-4H3/t9-/m0/s1. The molecule has 0 amide bonds. The lowest BCUT2D eigenvalue weighted by Crippen LogP contribution is -2.25. The van der Waals surface area contributed by atoms with Gasteiger partial charge in [0.1, 0.15) is 0 Å². The number of hydrogen-bond donors (Lipinski definition) is 1. The van der Waals surface area contributed by atoms with Gasteiger partial charge in [-0.05, 0) is 18.6 Å². The molecule has 0 bridgehead atoms. The third kappa shape index (κ3) is 2.38. The van der Waals surface area contributed by atoms with Crippen LogP contribution < -0.4 is 5.32 Å². The zero-order chi connectivity index (χ0) is 9.14. The Morgan fingerprint density at radius 2 is 2.00 bits per heavy atom. The van der Waals surface area contributed by atoms with Gasteiger partial charge in [0.15, 0.2) is 0 Å². The van der Waals surface area contributed by atoms with Gasteiger partial charge in [-0.1, -0.05) is 13.8 Å². The van der Waals surface area contributed by atoms with E-state index < -0.39 is 0 Å². The highest BCUT2D eigenvalue weighted by molar-refractivity contribution is 5.14. The third-order valence-electron chi connectivity index (χ3n) is 1.94. The maximum absolute atomic E-state index is 3.46. The molecule has 0 aliphatic rings. The summed E-state index contributed by atoms with van der Waals surface area (Å²) in [5.41, 5.74) is 1.35. The van der Waals surface area contributed by atoms with Crippen LogP contribution in [0.25, 0.3) is 0 Å². The Balaban J connectivity index is 2.58. The first-order chi connectivity index (χ1) is 5.59. The first-order valence-corrected chi connectivity index (χ1v) is 4.47. The van der Waals surface area contributed by atoms with Crippen LogP contribution in [-0.4, -0.2) is 10.6 Å². The zero-order valence-electron chi connectivity index (χ0n) is 8.33. The second-order valence-corrected chi connectivity index (χ2v) is 3.65. The molecule has 1 heterocycles. The predicted molar refractivity (Wildman–Crippen MR) is 52.1 cm³/mol. The number of nitrogens with one attached hydrogen (secondary N) is 1. The Morgan fingerprint density at radius 1 is 1.33 bits per heavy atom. The molecule has 0 spiro atoms. The van der Waals surface area contributed by atoms with E-state index in [0.29, 0.717) is 12.1 Å². The monoisotopic (exact) mass is 166 g/mol. The van der Waals surface area contributed by atoms with Crippen LogP contribution in [0.15, 0.2) is 18.5 Å². The van der Waals surface area contributed by atoms with E-state index in [1.807, 2.05) is 7.05 Å². The first-order valence-electron chi connectivity index (χ1n) is 4.47. The maximum Gasteiger partial charge on any atom is 0.0309 e. The van der Waals surface area contributed by atoms with E-state index >= 15 is 0 Å². The summed E-state index contributed by atoms with van der Waals surface area (Å²) < 4.78 is 2.08. The van der Waals surface area contributed by atoms with Gasteiger partial charge in [-0.2, -0.15) is 0 Å². The van der Waals surface area contributed by atoms with Crippen molar-refractivity contribution in [3.05, 3.63) is 24.0 Å². The molecule has 2 heteroatoms. The van der Waals surface area contributed by atoms with Crippen molar-refractivity contribution in [1.82, 2.24) is 9.88 Å². The zero-order valence-corrected chi connectivity index (χ0v) is 8.33. The Kier molecular flexibility index (Phi) is 2.93. The normalized spacial score (nSPS) is 13.8. The van der Waals surface area contributed by atoms with Crippen molar-refractivity contribution in [2.45, 2.75) is 32.9 Å². The molecular weight excluding hydrogens is 148 g/mol. The van der Waals surface area contributed by atoms with Crippen LogP contribution in [0.2, 0.25) is 0 Å². The minimum absolute atomic E-state index is 0.450. The number of hydrogen-bond acceptors (Lipinski definition) is 1. The van der Waals surface area contributed by atoms with E-state index in [1.54, 1.807) is 0 Å². The van der Waals surface area contributed by atoms with Crippen LogP contribution in [0.5, 0.6) is 0 Å². The number of nitrogens with zero attached hydrogens (tertiary/aromatic N) is 1. The summed E-state index contributed by atoms with van der Waals surface area (Å²) in [5, 5.41) is 3.46. The average molecular weight is 166 g/mol. The molecule has 1 aromatic heterocycles. The maximum atomic E-state index is 3.46. The van der Waals surface area contributed by atoms with Gasteiger partial charge < -0.3 is 9.88 Å². The van der Waals surface area contributed by atoms with E-state index in [-0.39, 0.29) is 0 Å². The van der Waals surface area contributed by atoms with Gasteiger partial charge in [0.05, 0.1) is 0 Å². The second-order valence-electron chi connectivity index (χ2n) is 3.65. The summed E-state index contributed by atoms with van der Waals surface area (Å²) in [5.74, 6) is 0.